The maximum absolute atomic E-state index is 12.8. The van der Waals surface area contributed by atoms with E-state index in [2.05, 4.69) is 16.0 Å². The van der Waals surface area contributed by atoms with Crippen LogP contribution in [-0.4, -0.2) is 24.9 Å². The van der Waals surface area contributed by atoms with Crippen LogP contribution in [0.15, 0.2) is 48.5 Å². The number of halogens is 4. The number of hydrogen-bond acceptors (Lipinski definition) is 3. The van der Waals surface area contributed by atoms with Crippen LogP contribution >= 0.6 is 12.4 Å². The van der Waals surface area contributed by atoms with Crippen LogP contribution in [0.3, 0.4) is 0 Å². The predicted molar refractivity (Wildman–Crippen MR) is 107 cm³/mol. The van der Waals surface area contributed by atoms with E-state index in [4.69, 9.17) is 0 Å². The summed E-state index contributed by atoms with van der Waals surface area (Å²) < 4.78 is 38.4. The second-order valence-electron chi connectivity index (χ2n) is 6.81. The van der Waals surface area contributed by atoms with E-state index in [-0.39, 0.29) is 41.4 Å². The maximum Gasteiger partial charge on any atom is 0.416 e. The lowest BCUT2D eigenvalue weighted by Gasteiger charge is -2.31. The van der Waals surface area contributed by atoms with Gasteiger partial charge in [0.2, 0.25) is 5.91 Å². The number of hydrogen-bond donors (Lipinski definition) is 3. The van der Waals surface area contributed by atoms with Gasteiger partial charge in [-0.25, -0.2) is 0 Å². The Morgan fingerprint density at radius 1 is 1.03 bits per heavy atom. The van der Waals surface area contributed by atoms with Gasteiger partial charge in [0.25, 0.3) is 5.91 Å². The van der Waals surface area contributed by atoms with Crippen molar-refractivity contribution < 1.29 is 22.8 Å². The van der Waals surface area contributed by atoms with Crippen molar-refractivity contribution in [2.24, 2.45) is 11.8 Å². The van der Waals surface area contributed by atoms with Crippen molar-refractivity contribution in [1.29, 1.82) is 0 Å². The lowest BCUT2D eigenvalue weighted by molar-refractivity contribution is -0.137. The zero-order valence-electron chi connectivity index (χ0n) is 15.5. The molecule has 3 rings (SSSR count). The van der Waals surface area contributed by atoms with Crippen molar-refractivity contribution in [3.8, 4) is 0 Å². The first-order valence-electron chi connectivity index (χ1n) is 8.84. The molecule has 0 radical (unpaired) electrons. The quantitative estimate of drug-likeness (QED) is 0.670. The fourth-order valence-corrected chi connectivity index (χ4v) is 2.85. The average Bonchev–Trinajstić information content (AvgIpc) is 2.60. The molecule has 0 aromatic heterocycles. The second kappa shape index (κ2) is 9.28. The van der Waals surface area contributed by atoms with Gasteiger partial charge in [0, 0.05) is 22.9 Å². The lowest BCUT2D eigenvalue weighted by Crippen LogP contribution is -2.48. The Balaban J connectivity index is 0.00000300. The van der Waals surface area contributed by atoms with Crippen LogP contribution in [-0.2, 0) is 11.0 Å². The number of anilines is 2. The molecular formula is C20H21ClF3N3O2. The fraction of sp³-hybridized carbons (Fsp3) is 0.300. The van der Waals surface area contributed by atoms with Crippen LogP contribution in [0.25, 0.3) is 0 Å². The molecule has 5 nitrogen and oxygen atoms in total. The maximum atomic E-state index is 12.8. The normalized spacial score (nSPS) is 14.9. The third kappa shape index (κ3) is 5.71. The minimum absolute atomic E-state index is 0. The molecule has 3 N–H and O–H groups in total. The average molecular weight is 428 g/mol. The topological polar surface area (TPSA) is 70.2 Å². The molecule has 9 heteroatoms. The van der Waals surface area contributed by atoms with Crippen LogP contribution in [0.4, 0.5) is 24.5 Å². The summed E-state index contributed by atoms with van der Waals surface area (Å²) in [6, 6.07) is 10.7. The van der Waals surface area contributed by atoms with Gasteiger partial charge in [0.05, 0.1) is 5.56 Å². The van der Waals surface area contributed by atoms with Crippen molar-refractivity contribution >= 4 is 35.6 Å². The minimum Gasteiger partial charge on any atom is -0.326 e. The van der Waals surface area contributed by atoms with Gasteiger partial charge in [-0.2, -0.15) is 13.2 Å². The van der Waals surface area contributed by atoms with E-state index in [9.17, 15) is 22.8 Å². The van der Waals surface area contributed by atoms with Crippen molar-refractivity contribution in [3.05, 3.63) is 59.7 Å². The molecule has 2 aromatic rings. The molecule has 0 bridgehead atoms. The van der Waals surface area contributed by atoms with Gasteiger partial charge in [0.15, 0.2) is 0 Å². The van der Waals surface area contributed by atoms with E-state index < -0.39 is 17.6 Å². The Morgan fingerprint density at radius 2 is 1.66 bits per heavy atom. The number of alkyl halides is 3. The van der Waals surface area contributed by atoms with Gasteiger partial charge in [0.1, 0.15) is 0 Å². The van der Waals surface area contributed by atoms with Crippen LogP contribution in [0, 0.1) is 11.8 Å². The van der Waals surface area contributed by atoms with Crippen molar-refractivity contribution in [2.75, 3.05) is 23.7 Å². The third-order valence-electron chi connectivity index (χ3n) is 4.77. The van der Waals surface area contributed by atoms with Crippen LogP contribution < -0.4 is 16.0 Å². The van der Waals surface area contributed by atoms with E-state index in [1.165, 1.54) is 24.3 Å². The molecule has 0 spiro atoms. The Bertz CT molecular complexity index is 885. The SMILES string of the molecule is CC(C(=O)Nc1cccc(C(=O)Nc2cccc(C(F)(F)F)c2)c1)C1CNC1.Cl. The van der Waals surface area contributed by atoms with E-state index in [1.807, 2.05) is 6.92 Å². The summed E-state index contributed by atoms with van der Waals surface area (Å²) in [6.07, 6.45) is -4.49. The summed E-state index contributed by atoms with van der Waals surface area (Å²) in [5, 5.41) is 8.35. The highest BCUT2D eigenvalue weighted by atomic mass is 35.5. The van der Waals surface area contributed by atoms with Crippen molar-refractivity contribution in [3.63, 3.8) is 0 Å². The highest BCUT2D eigenvalue weighted by Gasteiger charge is 2.30. The van der Waals surface area contributed by atoms with Gasteiger partial charge in [-0.3, -0.25) is 9.59 Å². The molecule has 1 aliphatic heterocycles. The molecule has 29 heavy (non-hydrogen) atoms. The van der Waals surface area contributed by atoms with Gasteiger partial charge >= 0.3 is 6.18 Å². The summed E-state index contributed by atoms with van der Waals surface area (Å²) in [6.45, 7) is 3.45. The molecule has 1 saturated heterocycles. The van der Waals surface area contributed by atoms with E-state index in [1.54, 1.807) is 12.1 Å². The lowest BCUT2D eigenvalue weighted by atomic mass is 9.88. The van der Waals surface area contributed by atoms with E-state index in [0.29, 0.717) is 5.69 Å². The summed E-state index contributed by atoms with van der Waals surface area (Å²) in [4.78, 5) is 24.7. The van der Waals surface area contributed by atoms with E-state index >= 15 is 0 Å². The molecule has 2 aromatic carbocycles. The molecule has 1 fully saturated rings. The zero-order valence-corrected chi connectivity index (χ0v) is 16.4. The molecule has 156 valence electrons. The first kappa shape index (κ1) is 22.7. The Labute approximate surface area is 172 Å². The van der Waals surface area contributed by atoms with Gasteiger partial charge < -0.3 is 16.0 Å². The molecule has 2 amide bonds. The molecule has 0 aliphatic carbocycles. The summed E-state index contributed by atoms with van der Waals surface area (Å²) in [5.74, 6) is -0.579. The van der Waals surface area contributed by atoms with E-state index in [0.717, 1.165) is 25.2 Å². The number of carbonyl (C=O) groups is 2. The number of nitrogens with one attached hydrogen (secondary N) is 3. The monoisotopic (exact) mass is 427 g/mol. The Kier molecular flexibility index (Phi) is 7.26. The molecule has 1 atom stereocenters. The number of amides is 2. The third-order valence-corrected chi connectivity index (χ3v) is 4.77. The summed E-state index contributed by atoms with van der Waals surface area (Å²) >= 11 is 0. The number of benzene rings is 2. The molecule has 1 aliphatic rings. The predicted octanol–water partition coefficient (Wildman–Crippen LogP) is 4.17. The molecule has 0 saturated carbocycles. The Hall–Kier alpha value is -2.58. The minimum atomic E-state index is -4.49. The largest absolute Gasteiger partial charge is 0.416 e. The van der Waals surface area contributed by atoms with Crippen LogP contribution in [0.5, 0.6) is 0 Å². The highest BCUT2D eigenvalue weighted by Crippen LogP contribution is 2.30. The highest BCUT2D eigenvalue weighted by molar-refractivity contribution is 6.05. The van der Waals surface area contributed by atoms with Crippen molar-refractivity contribution in [1.82, 2.24) is 5.32 Å². The van der Waals surface area contributed by atoms with Gasteiger partial charge in [-0.05, 0) is 55.4 Å². The van der Waals surface area contributed by atoms with Gasteiger partial charge in [-0.1, -0.05) is 19.1 Å². The number of rotatable bonds is 5. The summed E-state index contributed by atoms with van der Waals surface area (Å²) in [5.41, 5.74) is -0.111. The first-order chi connectivity index (χ1) is 13.2. The number of carbonyl (C=O) groups excluding carboxylic acids is 2. The van der Waals surface area contributed by atoms with Gasteiger partial charge in [-0.15, -0.1) is 12.4 Å². The molecule has 1 unspecified atom stereocenters. The van der Waals surface area contributed by atoms with Crippen LogP contribution in [0.1, 0.15) is 22.8 Å². The Morgan fingerprint density at radius 3 is 2.24 bits per heavy atom. The smallest absolute Gasteiger partial charge is 0.326 e. The standard InChI is InChI=1S/C20H20F3N3O2.ClH/c1-12(14-10-24-11-14)18(27)25-16-6-2-4-13(8-16)19(28)26-17-7-3-5-15(9-17)20(21,22)23;/h2-9,12,14,24H,10-11H2,1H3,(H,25,27)(H,26,28);1H. The fourth-order valence-electron chi connectivity index (χ4n) is 2.85. The van der Waals surface area contributed by atoms with Crippen LogP contribution in [0.2, 0.25) is 0 Å². The first-order valence-corrected chi connectivity index (χ1v) is 8.84. The molecule has 1 heterocycles. The summed E-state index contributed by atoms with van der Waals surface area (Å²) in [7, 11) is 0. The molecular weight excluding hydrogens is 407 g/mol. The van der Waals surface area contributed by atoms with Crippen molar-refractivity contribution in [2.45, 2.75) is 13.1 Å². The zero-order chi connectivity index (χ0) is 20.3. The second-order valence-corrected chi connectivity index (χ2v) is 6.81.